The first-order valence-electron chi connectivity index (χ1n) is 6.88. The smallest absolute Gasteiger partial charge is 0.168 e. The van der Waals surface area contributed by atoms with E-state index in [2.05, 4.69) is 24.3 Å². The van der Waals surface area contributed by atoms with Crippen LogP contribution in [0, 0.1) is 0 Å². The first-order chi connectivity index (χ1) is 8.81. The lowest BCUT2D eigenvalue weighted by Crippen LogP contribution is -2.34. The molecule has 2 N–H and O–H groups in total. The van der Waals surface area contributed by atoms with Crippen LogP contribution in [-0.4, -0.2) is 19.0 Å². The Hall–Kier alpha value is -0.900. The number of hydrogen-bond acceptors (Lipinski definition) is 3. The minimum atomic E-state index is -0.242. The maximum Gasteiger partial charge on any atom is 0.168 e. The molecule has 0 radical (unpaired) electrons. The Morgan fingerprint density at radius 2 is 1.67 bits per heavy atom. The van der Waals surface area contributed by atoms with Crippen LogP contribution < -0.4 is 5.73 Å². The molecule has 0 bridgehead atoms. The van der Waals surface area contributed by atoms with Crippen LogP contribution in [0.4, 0.5) is 0 Å². The van der Waals surface area contributed by atoms with Gasteiger partial charge in [-0.2, -0.15) is 0 Å². The molecule has 0 atom stereocenters. The standard InChI is InChI=1S/C15H21NO2/c16-11-12-1-3-13(4-2-12)14-5-7-15(8-6-14)17-9-10-18-15/h1-4,14H,5-11,16H2. The summed E-state index contributed by atoms with van der Waals surface area (Å²) in [5.74, 6) is 0.406. The fourth-order valence-corrected chi connectivity index (χ4v) is 3.10. The Balaban J connectivity index is 1.64. The van der Waals surface area contributed by atoms with Gasteiger partial charge in [0.25, 0.3) is 0 Å². The molecule has 1 heterocycles. The van der Waals surface area contributed by atoms with Crippen molar-refractivity contribution in [1.29, 1.82) is 0 Å². The lowest BCUT2D eigenvalue weighted by atomic mass is 9.81. The van der Waals surface area contributed by atoms with Gasteiger partial charge in [0.15, 0.2) is 5.79 Å². The minimum Gasteiger partial charge on any atom is -0.348 e. The second-order valence-corrected chi connectivity index (χ2v) is 5.33. The molecule has 0 aromatic heterocycles. The summed E-state index contributed by atoms with van der Waals surface area (Å²) in [6.45, 7) is 2.14. The number of rotatable bonds is 2. The van der Waals surface area contributed by atoms with E-state index in [0.717, 1.165) is 38.9 Å². The van der Waals surface area contributed by atoms with Gasteiger partial charge >= 0.3 is 0 Å². The molecule has 1 saturated carbocycles. The summed E-state index contributed by atoms with van der Waals surface area (Å²) in [4.78, 5) is 0. The SMILES string of the molecule is NCc1ccc(C2CCC3(CC2)OCCO3)cc1. The monoisotopic (exact) mass is 247 g/mol. The summed E-state index contributed by atoms with van der Waals surface area (Å²) >= 11 is 0. The van der Waals surface area contributed by atoms with E-state index in [1.807, 2.05) is 0 Å². The van der Waals surface area contributed by atoms with E-state index in [0.29, 0.717) is 12.5 Å². The second-order valence-electron chi connectivity index (χ2n) is 5.33. The fraction of sp³-hybridized carbons (Fsp3) is 0.600. The van der Waals surface area contributed by atoms with E-state index in [4.69, 9.17) is 15.2 Å². The van der Waals surface area contributed by atoms with Crippen molar-refractivity contribution in [3.05, 3.63) is 35.4 Å². The van der Waals surface area contributed by atoms with Gasteiger partial charge in [0.2, 0.25) is 0 Å². The fourth-order valence-electron chi connectivity index (χ4n) is 3.10. The number of nitrogens with two attached hydrogens (primary N) is 1. The highest BCUT2D eigenvalue weighted by Crippen LogP contribution is 2.42. The average Bonchev–Trinajstić information content (AvgIpc) is 2.88. The van der Waals surface area contributed by atoms with Crippen LogP contribution in [0.15, 0.2) is 24.3 Å². The zero-order chi connectivity index (χ0) is 12.4. The zero-order valence-electron chi connectivity index (χ0n) is 10.7. The molecule has 0 unspecified atom stereocenters. The highest BCUT2D eigenvalue weighted by Gasteiger charge is 2.40. The van der Waals surface area contributed by atoms with E-state index in [1.54, 1.807) is 0 Å². The van der Waals surface area contributed by atoms with Gasteiger partial charge in [-0.3, -0.25) is 0 Å². The molecule has 18 heavy (non-hydrogen) atoms. The normalized spacial score (nSPS) is 23.6. The largest absolute Gasteiger partial charge is 0.348 e. The molecule has 98 valence electrons. The van der Waals surface area contributed by atoms with Crippen molar-refractivity contribution in [2.75, 3.05) is 13.2 Å². The highest BCUT2D eigenvalue weighted by molar-refractivity contribution is 5.25. The maximum absolute atomic E-state index is 5.76. The van der Waals surface area contributed by atoms with Crippen molar-refractivity contribution < 1.29 is 9.47 Å². The van der Waals surface area contributed by atoms with Crippen molar-refractivity contribution in [3.63, 3.8) is 0 Å². The predicted molar refractivity (Wildman–Crippen MR) is 70.2 cm³/mol. The first-order valence-corrected chi connectivity index (χ1v) is 6.88. The molecule has 1 aliphatic heterocycles. The molecule has 1 saturated heterocycles. The Morgan fingerprint density at radius 1 is 1.06 bits per heavy atom. The number of ether oxygens (including phenoxy) is 2. The van der Waals surface area contributed by atoms with Crippen molar-refractivity contribution in [3.8, 4) is 0 Å². The van der Waals surface area contributed by atoms with Crippen molar-refractivity contribution in [2.45, 2.75) is 43.9 Å². The van der Waals surface area contributed by atoms with Gasteiger partial charge in [0.05, 0.1) is 13.2 Å². The summed E-state index contributed by atoms with van der Waals surface area (Å²) in [5, 5.41) is 0. The summed E-state index contributed by atoms with van der Waals surface area (Å²) in [7, 11) is 0. The van der Waals surface area contributed by atoms with Crippen LogP contribution in [0.5, 0.6) is 0 Å². The third-order valence-electron chi connectivity index (χ3n) is 4.25. The van der Waals surface area contributed by atoms with E-state index in [9.17, 15) is 0 Å². The first kappa shape index (κ1) is 12.2. The van der Waals surface area contributed by atoms with Crippen LogP contribution in [0.2, 0.25) is 0 Å². The zero-order valence-corrected chi connectivity index (χ0v) is 10.7. The third-order valence-corrected chi connectivity index (χ3v) is 4.25. The molecule has 3 heteroatoms. The van der Waals surface area contributed by atoms with Gasteiger partial charge in [-0.25, -0.2) is 0 Å². The van der Waals surface area contributed by atoms with Crippen LogP contribution in [0.1, 0.15) is 42.7 Å². The van der Waals surface area contributed by atoms with Crippen LogP contribution in [0.25, 0.3) is 0 Å². The van der Waals surface area contributed by atoms with E-state index < -0.39 is 0 Å². The molecule has 1 spiro atoms. The molecule has 1 aromatic carbocycles. The maximum atomic E-state index is 5.76. The van der Waals surface area contributed by atoms with Gasteiger partial charge in [-0.1, -0.05) is 24.3 Å². The lowest BCUT2D eigenvalue weighted by Gasteiger charge is -2.35. The Labute approximate surface area is 108 Å². The summed E-state index contributed by atoms with van der Waals surface area (Å²) in [6, 6.07) is 8.73. The Kier molecular flexibility index (Phi) is 3.37. The second kappa shape index (κ2) is 5.00. The van der Waals surface area contributed by atoms with E-state index >= 15 is 0 Å². The minimum absolute atomic E-state index is 0.242. The number of hydrogen-bond donors (Lipinski definition) is 1. The quantitative estimate of drug-likeness (QED) is 0.873. The predicted octanol–water partition coefficient (Wildman–Crippen LogP) is 2.55. The van der Waals surface area contributed by atoms with Crippen molar-refractivity contribution in [2.24, 2.45) is 5.73 Å². The molecular formula is C15H21NO2. The summed E-state index contributed by atoms with van der Waals surface area (Å²) in [6.07, 6.45) is 4.36. The highest BCUT2D eigenvalue weighted by atomic mass is 16.7. The van der Waals surface area contributed by atoms with E-state index in [-0.39, 0.29) is 5.79 Å². The lowest BCUT2D eigenvalue weighted by molar-refractivity contribution is -0.178. The van der Waals surface area contributed by atoms with E-state index in [1.165, 1.54) is 11.1 Å². The summed E-state index contributed by atoms with van der Waals surface area (Å²) in [5.41, 5.74) is 8.26. The molecule has 3 rings (SSSR count). The molecule has 0 amide bonds. The molecule has 2 aliphatic rings. The van der Waals surface area contributed by atoms with Gasteiger partial charge in [-0.15, -0.1) is 0 Å². The molecule has 1 aromatic rings. The van der Waals surface area contributed by atoms with Gasteiger partial charge in [0.1, 0.15) is 0 Å². The molecular weight excluding hydrogens is 226 g/mol. The van der Waals surface area contributed by atoms with Gasteiger partial charge in [-0.05, 0) is 29.9 Å². The Morgan fingerprint density at radius 3 is 2.22 bits per heavy atom. The molecule has 1 aliphatic carbocycles. The van der Waals surface area contributed by atoms with Crippen LogP contribution >= 0.6 is 0 Å². The molecule has 2 fully saturated rings. The van der Waals surface area contributed by atoms with Gasteiger partial charge in [0, 0.05) is 19.4 Å². The van der Waals surface area contributed by atoms with Gasteiger partial charge < -0.3 is 15.2 Å². The molecule has 3 nitrogen and oxygen atoms in total. The topological polar surface area (TPSA) is 44.5 Å². The van der Waals surface area contributed by atoms with Crippen LogP contribution in [-0.2, 0) is 16.0 Å². The number of benzene rings is 1. The Bertz CT molecular complexity index is 385. The summed E-state index contributed by atoms with van der Waals surface area (Å²) < 4.78 is 11.5. The third kappa shape index (κ3) is 2.30. The van der Waals surface area contributed by atoms with Crippen molar-refractivity contribution >= 4 is 0 Å². The average molecular weight is 247 g/mol. The van der Waals surface area contributed by atoms with Crippen molar-refractivity contribution in [1.82, 2.24) is 0 Å². The van der Waals surface area contributed by atoms with Crippen LogP contribution in [0.3, 0.4) is 0 Å².